The number of thiophene rings is 1. The molecule has 0 aliphatic heterocycles. The van der Waals surface area contributed by atoms with Gasteiger partial charge in [-0.25, -0.2) is 4.79 Å². The van der Waals surface area contributed by atoms with Gasteiger partial charge in [-0.05, 0) is 89.3 Å². The van der Waals surface area contributed by atoms with E-state index in [1.807, 2.05) is 6.08 Å². The molecule has 0 aliphatic carbocycles. The summed E-state index contributed by atoms with van der Waals surface area (Å²) in [5.74, 6) is -0.133. The number of allylic oxidation sites excluding steroid dienone is 3. The summed E-state index contributed by atoms with van der Waals surface area (Å²) < 4.78 is 19.7. The third-order valence-corrected chi connectivity index (χ3v) is 8.55. The molecule has 1 N–H and O–H groups in total. The molecule has 5 nitrogen and oxygen atoms in total. The first-order chi connectivity index (χ1) is 18.5. The van der Waals surface area contributed by atoms with E-state index in [9.17, 15) is 4.79 Å². The Balaban J connectivity index is 2.45. The summed E-state index contributed by atoms with van der Waals surface area (Å²) in [7, 11) is -1.90. The van der Waals surface area contributed by atoms with Gasteiger partial charge in [0, 0.05) is 11.0 Å². The van der Waals surface area contributed by atoms with Crippen molar-refractivity contribution in [1.82, 2.24) is 0 Å². The third kappa shape index (κ3) is 10.5. The normalized spacial score (nSPS) is 14.8. The zero-order valence-electron chi connectivity index (χ0n) is 26.2. The average molecular weight is 601 g/mol. The summed E-state index contributed by atoms with van der Waals surface area (Å²) in [6.07, 6.45) is 5.28. The highest BCUT2D eigenvalue weighted by Gasteiger charge is 2.36. The van der Waals surface area contributed by atoms with Gasteiger partial charge in [0.15, 0.2) is 0 Å². The summed E-state index contributed by atoms with van der Waals surface area (Å²) in [5.41, 5.74) is 4.33. The maximum absolute atomic E-state index is 10.8. The molecule has 0 spiro atoms. The summed E-state index contributed by atoms with van der Waals surface area (Å²) in [5, 5.41) is 11.0. The third-order valence-electron chi connectivity index (χ3n) is 6.23. The molecule has 0 saturated heterocycles. The van der Waals surface area contributed by atoms with Gasteiger partial charge in [-0.1, -0.05) is 66.7 Å². The van der Waals surface area contributed by atoms with Gasteiger partial charge >= 0.3 is 5.97 Å². The molecular weight excluding hydrogens is 553 g/mol. The van der Waals surface area contributed by atoms with Gasteiger partial charge in [-0.3, -0.25) is 0 Å². The number of aliphatic carboxylic acids is 1. The predicted octanol–water partition coefficient (Wildman–Crippen LogP) is 9.47. The zero-order valence-corrected chi connectivity index (χ0v) is 29.0. The lowest BCUT2D eigenvalue weighted by Gasteiger charge is -2.39. The van der Waals surface area contributed by atoms with E-state index in [0.717, 1.165) is 39.8 Å². The van der Waals surface area contributed by atoms with E-state index in [-0.39, 0.29) is 23.0 Å². The Morgan fingerprint density at radius 2 is 1.52 bits per heavy atom. The van der Waals surface area contributed by atoms with Gasteiger partial charge in [-0.2, -0.15) is 0 Å². The van der Waals surface area contributed by atoms with Crippen LogP contribution < -0.4 is 4.74 Å². The molecule has 220 valence electrons. The van der Waals surface area contributed by atoms with Crippen LogP contribution in [-0.2, 0) is 20.3 Å². The Kier molecular flexibility index (Phi) is 12.6. The molecule has 1 aromatic heterocycles. The Labute approximate surface area is 249 Å². The highest BCUT2D eigenvalue weighted by Crippen LogP contribution is 2.46. The Bertz CT molecular complexity index is 1170. The molecule has 2 unspecified atom stereocenters. The van der Waals surface area contributed by atoms with Gasteiger partial charge < -0.3 is 18.7 Å². The highest BCUT2D eigenvalue weighted by atomic mass is 32.1. The molecule has 0 bridgehead atoms. The first-order valence-corrected chi connectivity index (χ1v) is 19.6. The first kappa shape index (κ1) is 34.2. The lowest BCUT2D eigenvalue weighted by Crippen LogP contribution is -2.31. The van der Waals surface area contributed by atoms with Crippen molar-refractivity contribution in [3.8, 4) is 5.75 Å². The lowest BCUT2D eigenvalue weighted by molar-refractivity contribution is -0.131. The molecule has 1 aromatic carbocycles. The molecule has 2 radical (unpaired) electrons. The molecule has 2 aromatic rings. The van der Waals surface area contributed by atoms with Crippen LogP contribution in [0.25, 0.3) is 5.57 Å². The van der Waals surface area contributed by atoms with Crippen LogP contribution in [0, 0.1) is 10.8 Å². The lowest BCUT2D eigenvalue weighted by atomic mass is 9.77. The number of hydrogen-bond acceptors (Lipinski definition) is 5. The molecule has 1 heterocycles. The van der Waals surface area contributed by atoms with E-state index in [2.05, 4.69) is 104 Å². The number of carboxylic acids is 1. The summed E-state index contributed by atoms with van der Waals surface area (Å²) in [4.78, 5) is 11.9. The van der Waals surface area contributed by atoms with Crippen LogP contribution in [-0.4, -0.2) is 29.2 Å². The second kappa shape index (κ2) is 14.8. The average Bonchev–Trinajstić information content (AvgIpc) is 3.29. The zero-order chi connectivity index (χ0) is 30.3. The molecule has 40 heavy (non-hydrogen) atoms. The minimum Gasteiger partial charge on any atom is -0.488 e. The van der Waals surface area contributed by atoms with E-state index in [1.54, 1.807) is 17.4 Å². The van der Waals surface area contributed by atoms with Crippen LogP contribution in [0.15, 0.2) is 47.9 Å². The number of rotatable bonds is 13. The van der Waals surface area contributed by atoms with Gasteiger partial charge in [0.25, 0.3) is 0 Å². The summed E-state index contributed by atoms with van der Waals surface area (Å²) in [6.45, 7) is 24.7. The van der Waals surface area contributed by atoms with Crippen molar-refractivity contribution in [2.45, 2.75) is 99.9 Å². The van der Waals surface area contributed by atoms with Crippen molar-refractivity contribution in [3.63, 3.8) is 0 Å². The van der Waals surface area contributed by atoms with Gasteiger partial charge in [0.2, 0.25) is 18.1 Å². The van der Waals surface area contributed by atoms with Crippen molar-refractivity contribution in [1.29, 1.82) is 0 Å². The van der Waals surface area contributed by atoms with Crippen LogP contribution in [0.4, 0.5) is 0 Å². The van der Waals surface area contributed by atoms with Crippen LogP contribution in [0.1, 0.15) is 88.7 Å². The minimum absolute atomic E-state index is 0.0486. The molecule has 0 saturated carbocycles. The molecule has 2 atom stereocenters. The standard InChI is InChI=1S/C32H48O5SSi2/c1-12-22(14-13-15-28(33)34)23-18-25(38-21-23)20-35-24-16-17-26(29(31(2,3)4)36-39(8)9)27(19-24)30(32(5,6)7)37-40(10)11/h13-19,21,29-30H,12,20H2,1-11H3,(H,33,34). The number of carboxylic acid groups (broad SMARTS) is 1. The van der Waals surface area contributed by atoms with Crippen molar-refractivity contribution in [3.05, 3.63) is 69.4 Å². The SMILES string of the molecule is CCC(=CC=CC(=O)O)c1csc(COc2ccc(C(O[Si](C)C)C(C)(C)C)c(C(O[Si](C)C)C(C)(C)C)c2)c1. The fourth-order valence-electron chi connectivity index (χ4n) is 4.44. The van der Waals surface area contributed by atoms with E-state index in [1.165, 1.54) is 5.56 Å². The first-order valence-electron chi connectivity index (χ1n) is 13.9. The van der Waals surface area contributed by atoms with Gasteiger partial charge in [0.1, 0.15) is 12.4 Å². The fourth-order valence-corrected chi connectivity index (χ4v) is 7.16. The largest absolute Gasteiger partial charge is 0.488 e. The van der Waals surface area contributed by atoms with E-state index in [4.69, 9.17) is 18.7 Å². The smallest absolute Gasteiger partial charge is 0.328 e. The summed E-state index contributed by atoms with van der Waals surface area (Å²) in [6, 6.07) is 8.53. The maximum atomic E-state index is 10.8. The number of ether oxygens (including phenoxy) is 1. The molecule has 0 aliphatic rings. The van der Waals surface area contributed by atoms with Gasteiger partial charge in [-0.15, -0.1) is 11.3 Å². The molecule has 0 amide bonds. The molecule has 8 heteroatoms. The number of carbonyl (C=O) groups is 1. The topological polar surface area (TPSA) is 65.0 Å². The van der Waals surface area contributed by atoms with Gasteiger partial charge in [0.05, 0.1) is 12.2 Å². The van der Waals surface area contributed by atoms with E-state index < -0.39 is 24.0 Å². The quantitative estimate of drug-likeness (QED) is 0.141. The van der Waals surface area contributed by atoms with Crippen LogP contribution in [0.2, 0.25) is 26.2 Å². The van der Waals surface area contributed by atoms with Crippen molar-refractivity contribution in [2.24, 2.45) is 10.8 Å². The monoisotopic (exact) mass is 600 g/mol. The Morgan fingerprint density at radius 1 is 0.950 bits per heavy atom. The van der Waals surface area contributed by atoms with Crippen molar-refractivity contribution in [2.75, 3.05) is 0 Å². The maximum Gasteiger partial charge on any atom is 0.328 e. The Hall–Kier alpha value is -1.98. The number of benzene rings is 1. The number of hydrogen-bond donors (Lipinski definition) is 1. The predicted molar refractivity (Wildman–Crippen MR) is 172 cm³/mol. The Morgan fingerprint density at radius 3 is 2.02 bits per heavy atom. The minimum atomic E-state index is -0.965. The van der Waals surface area contributed by atoms with E-state index in [0.29, 0.717) is 6.61 Å². The van der Waals surface area contributed by atoms with Crippen molar-refractivity contribution >= 4 is 41.0 Å². The van der Waals surface area contributed by atoms with E-state index >= 15 is 0 Å². The van der Waals surface area contributed by atoms with Crippen LogP contribution in [0.5, 0.6) is 5.75 Å². The van der Waals surface area contributed by atoms with Crippen LogP contribution in [0.3, 0.4) is 0 Å². The molecular formula is C32H48O5SSi2. The second-order valence-electron chi connectivity index (χ2n) is 12.7. The van der Waals surface area contributed by atoms with Crippen molar-refractivity contribution < 1.29 is 23.5 Å². The molecule has 0 fully saturated rings. The summed E-state index contributed by atoms with van der Waals surface area (Å²) >= 11 is 1.65. The fraction of sp³-hybridized carbons (Fsp3) is 0.531. The van der Waals surface area contributed by atoms with Crippen LogP contribution >= 0.6 is 11.3 Å². The highest BCUT2D eigenvalue weighted by molar-refractivity contribution is 7.10. The molecule has 2 rings (SSSR count). The second-order valence-corrected chi connectivity index (χ2v) is 17.8.